The van der Waals surface area contributed by atoms with E-state index >= 15 is 0 Å². The Bertz CT molecular complexity index is 738. The predicted octanol–water partition coefficient (Wildman–Crippen LogP) is 2.60. The number of aliphatic imine (C=N–C) groups is 1. The van der Waals surface area contributed by atoms with Gasteiger partial charge in [0.05, 0.1) is 16.8 Å². The van der Waals surface area contributed by atoms with Gasteiger partial charge in [0.25, 0.3) is 0 Å². The minimum atomic E-state index is 0. The van der Waals surface area contributed by atoms with Gasteiger partial charge in [-0.3, -0.25) is 14.7 Å². The van der Waals surface area contributed by atoms with Gasteiger partial charge in [0.15, 0.2) is 5.96 Å². The average molecular weight is 563 g/mol. The first-order chi connectivity index (χ1) is 14.5. The number of halogens is 2. The van der Waals surface area contributed by atoms with Crippen LogP contribution in [-0.4, -0.2) is 99.6 Å². The van der Waals surface area contributed by atoms with Gasteiger partial charge in [-0.1, -0.05) is 23.7 Å². The molecule has 1 amide bonds. The summed E-state index contributed by atoms with van der Waals surface area (Å²) in [7, 11) is 5.53. The Labute approximate surface area is 208 Å². The minimum absolute atomic E-state index is 0. The fourth-order valence-corrected chi connectivity index (χ4v) is 4.61. The van der Waals surface area contributed by atoms with Crippen molar-refractivity contribution in [3.05, 3.63) is 29.3 Å². The SMILES string of the molecule is CN=C(NCCCN1CCCC1C(=O)N(C)C)N1CCN(c2ccccc2Cl)CC1.I. The standard InChI is InChI=1S/C22H35ClN6O.HI/c1-24-22(25-11-7-13-27-12-6-10-20(27)21(30)26(2)3)29-16-14-28(15-17-29)19-9-5-4-8-18(19)23;/h4-5,8-9,20H,6-7,10-17H2,1-3H3,(H,24,25);1H. The van der Waals surface area contributed by atoms with Crippen LogP contribution in [-0.2, 0) is 4.79 Å². The maximum absolute atomic E-state index is 12.3. The number of hydrogen-bond donors (Lipinski definition) is 1. The molecule has 2 aliphatic heterocycles. The normalized spacial score (nSPS) is 19.9. The number of piperazine rings is 1. The van der Waals surface area contributed by atoms with E-state index in [1.165, 1.54) is 0 Å². The highest BCUT2D eigenvalue weighted by atomic mass is 127. The third-order valence-electron chi connectivity index (χ3n) is 5.98. The van der Waals surface area contributed by atoms with Gasteiger partial charge in [0, 0.05) is 60.4 Å². The van der Waals surface area contributed by atoms with Crippen LogP contribution in [0.4, 0.5) is 5.69 Å². The lowest BCUT2D eigenvalue weighted by Gasteiger charge is -2.38. The van der Waals surface area contributed by atoms with Crippen LogP contribution in [0.25, 0.3) is 0 Å². The Morgan fingerprint density at radius 3 is 2.55 bits per heavy atom. The van der Waals surface area contributed by atoms with Gasteiger partial charge in [-0.15, -0.1) is 24.0 Å². The van der Waals surface area contributed by atoms with Crippen LogP contribution in [0.1, 0.15) is 19.3 Å². The second kappa shape index (κ2) is 12.7. The van der Waals surface area contributed by atoms with Crippen molar-refractivity contribution in [3.8, 4) is 0 Å². The number of carbonyl (C=O) groups is 1. The van der Waals surface area contributed by atoms with Gasteiger partial charge < -0.3 is 20.0 Å². The van der Waals surface area contributed by atoms with E-state index in [1.54, 1.807) is 4.90 Å². The molecule has 174 valence electrons. The molecule has 1 atom stereocenters. The summed E-state index contributed by atoms with van der Waals surface area (Å²) in [6, 6.07) is 8.08. The van der Waals surface area contributed by atoms with Gasteiger partial charge in [0.2, 0.25) is 5.91 Å². The summed E-state index contributed by atoms with van der Waals surface area (Å²) < 4.78 is 0. The summed E-state index contributed by atoms with van der Waals surface area (Å²) >= 11 is 6.35. The van der Waals surface area contributed by atoms with Crippen molar-refractivity contribution in [3.63, 3.8) is 0 Å². The van der Waals surface area contributed by atoms with Gasteiger partial charge in [-0.2, -0.15) is 0 Å². The van der Waals surface area contributed by atoms with E-state index in [2.05, 4.69) is 31.1 Å². The smallest absolute Gasteiger partial charge is 0.239 e. The van der Waals surface area contributed by atoms with E-state index in [0.29, 0.717) is 0 Å². The number of carbonyl (C=O) groups excluding carboxylic acids is 1. The lowest BCUT2D eigenvalue weighted by molar-refractivity contribution is -0.133. The van der Waals surface area contributed by atoms with Crippen molar-refractivity contribution in [1.82, 2.24) is 20.0 Å². The third kappa shape index (κ3) is 6.86. The maximum atomic E-state index is 12.3. The molecule has 0 spiro atoms. The monoisotopic (exact) mass is 562 g/mol. The van der Waals surface area contributed by atoms with E-state index in [4.69, 9.17) is 11.6 Å². The second-order valence-corrected chi connectivity index (χ2v) is 8.59. The zero-order valence-electron chi connectivity index (χ0n) is 18.9. The van der Waals surface area contributed by atoms with E-state index in [0.717, 1.165) is 81.7 Å². The predicted molar refractivity (Wildman–Crippen MR) is 140 cm³/mol. The molecule has 2 aliphatic rings. The molecule has 2 fully saturated rings. The molecule has 2 saturated heterocycles. The average Bonchev–Trinajstić information content (AvgIpc) is 3.22. The molecular weight excluding hydrogens is 527 g/mol. The van der Waals surface area contributed by atoms with Gasteiger partial charge >= 0.3 is 0 Å². The first-order valence-corrected chi connectivity index (χ1v) is 11.3. The van der Waals surface area contributed by atoms with Crippen molar-refractivity contribution in [2.45, 2.75) is 25.3 Å². The second-order valence-electron chi connectivity index (χ2n) is 8.18. The van der Waals surface area contributed by atoms with Crippen LogP contribution in [0.3, 0.4) is 0 Å². The van der Waals surface area contributed by atoms with Crippen molar-refractivity contribution in [2.24, 2.45) is 4.99 Å². The number of para-hydroxylation sites is 1. The van der Waals surface area contributed by atoms with Crippen LogP contribution in [0.5, 0.6) is 0 Å². The Morgan fingerprint density at radius 2 is 1.90 bits per heavy atom. The van der Waals surface area contributed by atoms with Crippen molar-refractivity contribution >= 4 is 53.1 Å². The number of amides is 1. The summed E-state index contributed by atoms with van der Waals surface area (Å²) in [4.78, 5) is 25.5. The number of benzene rings is 1. The van der Waals surface area contributed by atoms with Crippen LogP contribution in [0, 0.1) is 0 Å². The number of likely N-dealkylation sites (tertiary alicyclic amines) is 1. The molecule has 0 radical (unpaired) electrons. The van der Waals surface area contributed by atoms with Crippen molar-refractivity contribution < 1.29 is 4.79 Å². The molecule has 9 heteroatoms. The van der Waals surface area contributed by atoms with Crippen LogP contribution >= 0.6 is 35.6 Å². The molecule has 1 N–H and O–H groups in total. The molecule has 1 aromatic carbocycles. The van der Waals surface area contributed by atoms with Crippen LogP contribution in [0.2, 0.25) is 5.02 Å². The minimum Gasteiger partial charge on any atom is -0.367 e. The Balaban J connectivity index is 0.00000341. The molecular formula is C22H36ClIN6O. The molecule has 0 saturated carbocycles. The number of nitrogens with one attached hydrogen (secondary N) is 1. The summed E-state index contributed by atoms with van der Waals surface area (Å²) in [6.45, 7) is 6.49. The summed E-state index contributed by atoms with van der Waals surface area (Å²) in [5.41, 5.74) is 1.11. The van der Waals surface area contributed by atoms with Crippen molar-refractivity contribution in [2.75, 3.05) is 71.9 Å². The topological polar surface area (TPSA) is 54.4 Å². The number of nitrogens with zero attached hydrogens (tertiary/aromatic N) is 5. The van der Waals surface area contributed by atoms with E-state index in [9.17, 15) is 4.79 Å². The quantitative estimate of drug-likeness (QED) is 0.250. The Morgan fingerprint density at radius 1 is 1.19 bits per heavy atom. The highest BCUT2D eigenvalue weighted by Crippen LogP contribution is 2.26. The van der Waals surface area contributed by atoms with Gasteiger partial charge in [-0.05, 0) is 37.9 Å². The third-order valence-corrected chi connectivity index (χ3v) is 6.30. The molecule has 7 nitrogen and oxygen atoms in total. The number of guanidine groups is 1. The van der Waals surface area contributed by atoms with Gasteiger partial charge in [0.1, 0.15) is 0 Å². The molecule has 0 aliphatic carbocycles. The molecule has 31 heavy (non-hydrogen) atoms. The molecule has 0 bridgehead atoms. The molecule has 3 rings (SSSR count). The summed E-state index contributed by atoms with van der Waals surface area (Å²) in [5, 5.41) is 4.31. The van der Waals surface area contributed by atoms with Gasteiger partial charge in [-0.25, -0.2) is 0 Å². The molecule has 2 heterocycles. The summed E-state index contributed by atoms with van der Waals surface area (Å²) in [6.07, 6.45) is 3.08. The number of anilines is 1. The Kier molecular flexibility index (Phi) is 10.6. The zero-order chi connectivity index (χ0) is 21.5. The number of rotatable bonds is 6. The van der Waals surface area contributed by atoms with Crippen LogP contribution in [0.15, 0.2) is 29.3 Å². The zero-order valence-corrected chi connectivity index (χ0v) is 22.0. The summed E-state index contributed by atoms with van der Waals surface area (Å²) in [5.74, 6) is 1.18. The highest BCUT2D eigenvalue weighted by Gasteiger charge is 2.31. The fourth-order valence-electron chi connectivity index (χ4n) is 4.35. The molecule has 0 aromatic heterocycles. The lowest BCUT2D eigenvalue weighted by Crippen LogP contribution is -2.53. The number of hydrogen-bond acceptors (Lipinski definition) is 4. The number of likely N-dealkylation sites (N-methyl/N-ethyl adjacent to an activating group) is 1. The van der Waals surface area contributed by atoms with E-state index < -0.39 is 0 Å². The largest absolute Gasteiger partial charge is 0.367 e. The highest BCUT2D eigenvalue weighted by molar-refractivity contribution is 14.0. The van der Waals surface area contributed by atoms with E-state index in [-0.39, 0.29) is 35.9 Å². The molecule has 1 aromatic rings. The lowest BCUT2D eigenvalue weighted by atomic mass is 10.2. The molecule has 1 unspecified atom stereocenters. The Hall–Kier alpha value is -1.26. The maximum Gasteiger partial charge on any atom is 0.239 e. The fraction of sp³-hybridized carbons (Fsp3) is 0.636. The first kappa shape index (κ1) is 26.0. The van der Waals surface area contributed by atoms with Crippen LogP contribution < -0.4 is 10.2 Å². The van der Waals surface area contributed by atoms with Crippen molar-refractivity contribution in [1.29, 1.82) is 0 Å². The first-order valence-electron chi connectivity index (χ1n) is 10.9. The van der Waals surface area contributed by atoms with E-state index in [1.807, 2.05) is 39.3 Å².